The van der Waals surface area contributed by atoms with E-state index in [1.807, 2.05) is 6.07 Å². The van der Waals surface area contributed by atoms with Crippen LogP contribution in [0, 0.1) is 17.8 Å². The van der Waals surface area contributed by atoms with Gasteiger partial charge in [-0.25, -0.2) is 4.98 Å². The maximum atomic E-state index is 9.72. The predicted octanol–water partition coefficient (Wildman–Crippen LogP) is 6.25. The molecule has 4 fully saturated rings. The Bertz CT molecular complexity index is 1570. The molecule has 8 rings (SSSR count). The number of aromatic nitrogens is 3. The van der Waals surface area contributed by atoms with E-state index in [9.17, 15) is 5.11 Å². The average Bonchev–Trinajstić information content (AvgIpc) is 3.29. The van der Waals surface area contributed by atoms with E-state index < -0.39 is 0 Å². The van der Waals surface area contributed by atoms with Crippen LogP contribution in [-0.4, -0.2) is 44.9 Å². The minimum absolute atomic E-state index is 0.0903. The number of aliphatic hydroxyl groups excluding tert-OH is 1. The van der Waals surface area contributed by atoms with Crippen LogP contribution in [0.1, 0.15) is 75.8 Å². The number of nitrogen functional groups attached to an aromatic ring is 1. The van der Waals surface area contributed by atoms with Gasteiger partial charge in [0.1, 0.15) is 16.8 Å². The van der Waals surface area contributed by atoms with E-state index in [-0.39, 0.29) is 18.6 Å². The van der Waals surface area contributed by atoms with Crippen molar-refractivity contribution in [1.82, 2.24) is 19.9 Å². The highest BCUT2D eigenvalue weighted by Gasteiger charge is 2.50. The van der Waals surface area contributed by atoms with Crippen molar-refractivity contribution in [2.24, 2.45) is 17.8 Å². The molecule has 4 saturated carbocycles. The maximum absolute atomic E-state index is 9.72. The molecule has 5 N–H and O–H groups in total. The standard InChI is InChI=1S/C35H46N6O2/c1-3-6-27(11-12-42)38-33-32-31(39-34(36)40-33)28-7-4-5-8-29(28)41(32)21-26-16-22(9-10-30(26)43-2)20-37-35-17-23-13-24(18-35)15-25(14-23)19-35/h4-5,7-10,16,23-25,27,37,42H,3,6,11-15,17-21H2,1-2H3,(H3,36,38,39,40)/t23?,24?,25?,27-,35?/m0/s1. The molecule has 8 nitrogen and oxygen atoms in total. The molecule has 0 unspecified atom stereocenters. The van der Waals surface area contributed by atoms with Crippen molar-refractivity contribution in [2.75, 3.05) is 24.8 Å². The van der Waals surface area contributed by atoms with Crippen LogP contribution in [0.5, 0.6) is 5.75 Å². The summed E-state index contributed by atoms with van der Waals surface area (Å²) in [5.74, 6) is 4.60. The van der Waals surface area contributed by atoms with Crippen molar-refractivity contribution in [3.63, 3.8) is 0 Å². The molecule has 2 aromatic carbocycles. The van der Waals surface area contributed by atoms with Crippen LogP contribution in [-0.2, 0) is 13.1 Å². The highest BCUT2D eigenvalue weighted by Crippen LogP contribution is 2.55. The number of nitrogens with two attached hydrogens (primary N) is 1. The number of nitrogens with one attached hydrogen (secondary N) is 2. The lowest BCUT2D eigenvalue weighted by Crippen LogP contribution is -2.58. The fourth-order valence-electron chi connectivity index (χ4n) is 9.05. The molecule has 228 valence electrons. The quantitative estimate of drug-likeness (QED) is 0.156. The number of ether oxygens (including phenoxy) is 1. The summed E-state index contributed by atoms with van der Waals surface area (Å²) in [6.45, 7) is 3.76. The van der Waals surface area contributed by atoms with E-state index in [1.54, 1.807) is 7.11 Å². The molecule has 0 radical (unpaired) electrons. The molecule has 2 heterocycles. The van der Waals surface area contributed by atoms with Gasteiger partial charge in [-0.05, 0) is 92.9 Å². The van der Waals surface area contributed by atoms with Crippen molar-refractivity contribution >= 4 is 33.7 Å². The Morgan fingerprint density at radius 3 is 2.49 bits per heavy atom. The van der Waals surface area contributed by atoms with Crippen molar-refractivity contribution in [1.29, 1.82) is 0 Å². The van der Waals surface area contributed by atoms with Gasteiger partial charge < -0.3 is 30.8 Å². The second-order valence-electron chi connectivity index (χ2n) is 13.6. The molecule has 0 spiro atoms. The van der Waals surface area contributed by atoms with Gasteiger partial charge in [0.25, 0.3) is 0 Å². The normalized spacial score (nSPS) is 25.0. The molecule has 2 aromatic heterocycles. The summed E-state index contributed by atoms with van der Waals surface area (Å²) in [5, 5.41) is 18.5. The van der Waals surface area contributed by atoms with E-state index in [2.05, 4.69) is 58.5 Å². The number of benzene rings is 2. The van der Waals surface area contributed by atoms with Gasteiger partial charge in [0.05, 0.1) is 19.2 Å². The Morgan fingerprint density at radius 2 is 1.79 bits per heavy atom. The zero-order valence-electron chi connectivity index (χ0n) is 25.6. The number of aliphatic hydroxyl groups is 1. The van der Waals surface area contributed by atoms with E-state index in [0.717, 1.165) is 70.4 Å². The zero-order chi connectivity index (χ0) is 29.6. The number of para-hydroxylation sites is 1. The molecule has 0 saturated heterocycles. The van der Waals surface area contributed by atoms with E-state index in [4.69, 9.17) is 20.4 Å². The van der Waals surface area contributed by atoms with Gasteiger partial charge >= 0.3 is 0 Å². The molecule has 0 amide bonds. The second-order valence-corrected chi connectivity index (χ2v) is 13.6. The highest BCUT2D eigenvalue weighted by molar-refractivity contribution is 6.09. The van der Waals surface area contributed by atoms with Gasteiger partial charge in [-0.1, -0.05) is 37.6 Å². The lowest BCUT2D eigenvalue weighted by Gasteiger charge is -2.57. The van der Waals surface area contributed by atoms with Crippen LogP contribution < -0.4 is 21.1 Å². The summed E-state index contributed by atoms with van der Waals surface area (Å²) in [7, 11) is 1.75. The predicted molar refractivity (Wildman–Crippen MR) is 173 cm³/mol. The molecule has 4 aromatic rings. The number of rotatable bonds is 12. The third kappa shape index (κ3) is 5.44. The first kappa shape index (κ1) is 28.4. The lowest BCUT2D eigenvalue weighted by atomic mass is 9.53. The molecule has 4 bridgehead atoms. The van der Waals surface area contributed by atoms with E-state index in [0.29, 0.717) is 24.3 Å². The largest absolute Gasteiger partial charge is 0.496 e. The van der Waals surface area contributed by atoms with Gasteiger partial charge in [0.2, 0.25) is 5.95 Å². The Morgan fingerprint density at radius 1 is 1.05 bits per heavy atom. The van der Waals surface area contributed by atoms with Crippen molar-refractivity contribution in [2.45, 2.75) is 89.4 Å². The summed E-state index contributed by atoms with van der Waals surface area (Å²) in [6, 6.07) is 15.1. The summed E-state index contributed by atoms with van der Waals surface area (Å²) < 4.78 is 8.20. The molecular weight excluding hydrogens is 536 g/mol. The fraction of sp³-hybridized carbons (Fsp3) is 0.543. The van der Waals surface area contributed by atoms with Crippen LogP contribution >= 0.6 is 0 Å². The Hall–Kier alpha value is -3.36. The number of methoxy groups -OCH3 is 1. The van der Waals surface area contributed by atoms with Crippen LogP contribution in [0.15, 0.2) is 42.5 Å². The topological polar surface area (TPSA) is 110 Å². The van der Waals surface area contributed by atoms with Crippen molar-refractivity contribution in [3.05, 3.63) is 53.6 Å². The second kappa shape index (κ2) is 11.6. The number of hydrogen-bond acceptors (Lipinski definition) is 7. The Labute approximate surface area is 254 Å². The summed E-state index contributed by atoms with van der Waals surface area (Å²) in [5.41, 5.74) is 11.8. The molecular formula is C35H46N6O2. The molecule has 0 aliphatic heterocycles. The van der Waals surface area contributed by atoms with Gasteiger partial charge in [0, 0.05) is 35.7 Å². The number of nitrogens with zero attached hydrogens (tertiary/aromatic N) is 3. The average molecular weight is 583 g/mol. The van der Waals surface area contributed by atoms with Crippen LogP contribution in [0.2, 0.25) is 0 Å². The van der Waals surface area contributed by atoms with E-state index in [1.165, 1.54) is 44.1 Å². The summed E-state index contributed by atoms with van der Waals surface area (Å²) >= 11 is 0. The molecule has 8 heteroatoms. The lowest BCUT2D eigenvalue weighted by molar-refractivity contribution is -0.0206. The molecule has 1 atom stereocenters. The van der Waals surface area contributed by atoms with Gasteiger partial charge in [-0.15, -0.1) is 0 Å². The first-order valence-corrected chi connectivity index (χ1v) is 16.3. The molecule has 43 heavy (non-hydrogen) atoms. The first-order valence-electron chi connectivity index (χ1n) is 16.3. The number of anilines is 2. The molecule has 4 aliphatic carbocycles. The number of hydrogen-bond donors (Lipinski definition) is 4. The Balaban J connectivity index is 1.24. The maximum Gasteiger partial charge on any atom is 0.222 e. The van der Waals surface area contributed by atoms with E-state index >= 15 is 0 Å². The van der Waals surface area contributed by atoms with Crippen LogP contribution in [0.3, 0.4) is 0 Å². The van der Waals surface area contributed by atoms with Crippen LogP contribution in [0.25, 0.3) is 21.9 Å². The SMILES string of the molecule is CCC[C@@H](CCO)Nc1nc(N)nc2c3ccccc3n(Cc3cc(CNC45CC6CC(CC(C6)C4)C5)ccc3OC)c12. The fourth-order valence-corrected chi connectivity index (χ4v) is 9.05. The van der Waals surface area contributed by atoms with Gasteiger partial charge in [-0.3, -0.25) is 0 Å². The summed E-state index contributed by atoms with van der Waals surface area (Å²) in [4.78, 5) is 9.42. The minimum Gasteiger partial charge on any atom is -0.496 e. The first-order chi connectivity index (χ1) is 21.0. The Kier molecular flexibility index (Phi) is 7.68. The monoisotopic (exact) mass is 582 g/mol. The van der Waals surface area contributed by atoms with Crippen molar-refractivity contribution < 1.29 is 9.84 Å². The van der Waals surface area contributed by atoms with Crippen molar-refractivity contribution in [3.8, 4) is 5.75 Å². The zero-order valence-corrected chi connectivity index (χ0v) is 25.6. The van der Waals surface area contributed by atoms with Gasteiger partial charge in [0.15, 0.2) is 5.82 Å². The van der Waals surface area contributed by atoms with Gasteiger partial charge in [-0.2, -0.15) is 4.98 Å². The molecule has 4 aliphatic rings. The van der Waals surface area contributed by atoms with Crippen LogP contribution in [0.4, 0.5) is 11.8 Å². The third-order valence-corrected chi connectivity index (χ3v) is 10.5. The number of fused-ring (bicyclic) bond motifs is 3. The summed E-state index contributed by atoms with van der Waals surface area (Å²) in [6.07, 6.45) is 11.0. The highest BCUT2D eigenvalue weighted by atomic mass is 16.5. The smallest absolute Gasteiger partial charge is 0.222 e. The third-order valence-electron chi connectivity index (χ3n) is 10.5. The minimum atomic E-state index is 0.0903.